The third kappa shape index (κ3) is 5.05. The van der Waals surface area contributed by atoms with Crippen molar-refractivity contribution in [3.63, 3.8) is 0 Å². The zero-order valence-electron chi connectivity index (χ0n) is 18.9. The monoisotopic (exact) mass is 468 g/mol. The van der Waals surface area contributed by atoms with Crippen molar-refractivity contribution in [3.8, 4) is 11.1 Å². The summed E-state index contributed by atoms with van der Waals surface area (Å²) < 4.78 is 15.9. The molecule has 1 aliphatic heterocycles. The van der Waals surface area contributed by atoms with E-state index in [0.717, 1.165) is 22.3 Å². The lowest BCUT2D eigenvalue weighted by Gasteiger charge is -2.19. The molecule has 0 bridgehead atoms. The van der Waals surface area contributed by atoms with Crippen molar-refractivity contribution in [2.45, 2.75) is 24.5 Å². The molecule has 3 N–H and O–H groups in total. The highest BCUT2D eigenvalue weighted by atomic mass is 16.5. The number of carbonyl (C=O) groups excluding carboxylic acids is 2. The van der Waals surface area contributed by atoms with Crippen molar-refractivity contribution in [3.05, 3.63) is 59.7 Å². The highest BCUT2D eigenvalue weighted by molar-refractivity contribution is 5.82. The maximum absolute atomic E-state index is 12.4. The summed E-state index contributed by atoms with van der Waals surface area (Å²) >= 11 is 0. The van der Waals surface area contributed by atoms with E-state index in [1.54, 1.807) is 0 Å². The van der Waals surface area contributed by atoms with Crippen LogP contribution in [0.15, 0.2) is 48.5 Å². The Kier molecular flexibility index (Phi) is 7.44. The first-order valence-electron chi connectivity index (χ1n) is 11.2. The number of hydrogen-bond acceptors (Lipinski definition) is 6. The van der Waals surface area contributed by atoms with Gasteiger partial charge in [0.2, 0.25) is 0 Å². The quantitative estimate of drug-likeness (QED) is 0.515. The van der Waals surface area contributed by atoms with Gasteiger partial charge in [0, 0.05) is 32.1 Å². The molecule has 2 aromatic carbocycles. The van der Waals surface area contributed by atoms with Crippen LogP contribution in [0.25, 0.3) is 11.1 Å². The van der Waals surface area contributed by atoms with Crippen LogP contribution in [0.1, 0.15) is 23.5 Å². The molecule has 2 amide bonds. The topological polar surface area (TPSA) is 123 Å². The molecule has 0 saturated carbocycles. The summed E-state index contributed by atoms with van der Waals surface area (Å²) in [4.78, 5) is 36.0. The van der Waals surface area contributed by atoms with Gasteiger partial charge in [0.15, 0.2) is 12.2 Å². The number of carbonyl (C=O) groups is 3. The summed E-state index contributed by atoms with van der Waals surface area (Å²) in [5, 5.41) is 14.4. The van der Waals surface area contributed by atoms with Crippen LogP contribution in [0.3, 0.4) is 0 Å². The van der Waals surface area contributed by atoms with E-state index in [4.69, 9.17) is 19.3 Å². The smallest absolute Gasteiger partial charge is 0.407 e. The Morgan fingerprint density at radius 2 is 1.71 bits per heavy atom. The molecular weight excluding hydrogens is 440 g/mol. The second-order valence-electron chi connectivity index (χ2n) is 8.35. The van der Waals surface area contributed by atoms with E-state index in [2.05, 4.69) is 22.8 Å². The summed E-state index contributed by atoms with van der Waals surface area (Å²) in [5.74, 6) is -1.86. The minimum absolute atomic E-state index is 0.0597. The second kappa shape index (κ2) is 10.7. The van der Waals surface area contributed by atoms with Gasteiger partial charge in [-0.2, -0.15) is 0 Å². The van der Waals surface area contributed by atoms with Crippen LogP contribution < -0.4 is 10.6 Å². The summed E-state index contributed by atoms with van der Waals surface area (Å²) in [7, 11) is 1.36. The van der Waals surface area contributed by atoms with Gasteiger partial charge in [-0.05, 0) is 28.7 Å². The molecule has 180 valence electrons. The average molecular weight is 469 g/mol. The predicted octanol–water partition coefficient (Wildman–Crippen LogP) is 2.15. The normalized spacial score (nSPS) is 19.7. The van der Waals surface area contributed by atoms with Gasteiger partial charge in [0.25, 0.3) is 5.91 Å². The molecule has 3 unspecified atom stereocenters. The van der Waals surface area contributed by atoms with Gasteiger partial charge in [-0.1, -0.05) is 48.5 Å². The fourth-order valence-corrected chi connectivity index (χ4v) is 4.57. The number of ether oxygens (including phenoxy) is 3. The third-order valence-electron chi connectivity index (χ3n) is 6.35. The van der Waals surface area contributed by atoms with Crippen LogP contribution in [-0.4, -0.2) is 68.7 Å². The molecule has 2 aliphatic rings. The number of amides is 2. The maximum atomic E-state index is 12.4. The van der Waals surface area contributed by atoms with Crippen molar-refractivity contribution in [1.82, 2.24) is 10.6 Å². The molecule has 2 aromatic rings. The zero-order valence-corrected chi connectivity index (χ0v) is 18.9. The van der Waals surface area contributed by atoms with E-state index in [1.807, 2.05) is 36.4 Å². The lowest BCUT2D eigenvalue weighted by atomic mass is 9.98. The Morgan fingerprint density at radius 3 is 2.32 bits per heavy atom. The maximum Gasteiger partial charge on any atom is 0.407 e. The van der Waals surface area contributed by atoms with Gasteiger partial charge in [0.05, 0.1) is 6.54 Å². The molecule has 0 aromatic heterocycles. The number of carboxylic acid groups (broad SMARTS) is 1. The average Bonchev–Trinajstić information content (AvgIpc) is 3.45. The van der Waals surface area contributed by atoms with Crippen molar-refractivity contribution >= 4 is 18.0 Å². The van der Waals surface area contributed by atoms with Crippen molar-refractivity contribution < 1.29 is 33.7 Å². The molecule has 1 aliphatic carbocycles. The first-order valence-corrected chi connectivity index (χ1v) is 11.2. The van der Waals surface area contributed by atoms with E-state index >= 15 is 0 Å². The fraction of sp³-hybridized carbons (Fsp3) is 0.400. The number of alkyl carbamates (subject to hydrolysis) is 1. The molecule has 9 nitrogen and oxygen atoms in total. The van der Waals surface area contributed by atoms with E-state index in [0.29, 0.717) is 13.0 Å². The molecule has 3 atom stereocenters. The summed E-state index contributed by atoms with van der Waals surface area (Å²) in [5.41, 5.74) is 4.50. The SMILES string of the molecule is COC(CNC(=O)OCC1c2ccccc2-c2ccccc21)C(=O)NCC1CCOC1C(=O)O. The molecule has 1 heterocycles. The number of carboxylic acids is 1. The number of rotatable bonds is 9. The molecule has 34 heavy (non-hydrogen) atoms. The van der Waals surface area contributed by atoms with Crippen molar-refractivity contribution in [2.75, 3.05) is 33.4 Å². The highest BCUT2D eigenvalue weighted by Gasteiger charge is 2.35. The number of hydrogen-bond donors (Lipinski definition) is 3. The number of fused-ring (bicyclic) bond motifs is 3. The highest BCUT2D eigenvalue weighted by Crippen LogP contribution is 2.44. The first kappa shape index (κ1) is 23.7. The summed E-state index contributed by atoms with van der Waals surface area (Å²) in [6, 6.07) is 16.1. The van der Waals surface area contributed by atoms with Crippen molar-refractivity contribution in [2.24, 2.45) is 5.92 Å². The van der Waals surface area contributed by atoms with Crippen LogP contribution in [0.2, 0.25) is 0 Å². The molecule has 9 heteroatoms. The molecular formula is C25H28N2O7. The Labute approximate surface area is 197 Å². The summed E-state index contributed by atoms with van der Waals surface area (Å²) in [6.07, 6.45) is -1.97. The molecule has 1 saturated heterocycles. The Morgan fingerprint density at radius 1 is 1.06 bits per heavy atom. The third-order valence-corrected chi connectivity index (χ3v) is 6.35. The number of methoxy groups -OCH3 is 1. The fourth-order valence-electron chi connectivity index (χ4n) is 4.57. The zero-order chi connectivity index (χ0) is 24.1. The molecule has 0 radical (unpaired) electrons. The molecule has 1 fully saturated rings. The lowest BCUT2D eigenvalue weighted by molar-refractivity contribution is -0.149. The van der Waals surface area contributed by atoms with Gasteiger partial charge < -0.3 is 30.0 Å². The largest absolute Gasteiger partial charge is 0.479 e. The molecule has 0 spiro atoms. The van der Waals surface area contributed by atoms with Gasteiger partial charge in [-0.3, -0.25) is 4.79 Å². The Balaban J connectivity index is 1.26. The Bertz CT molecular complexity index is 1010. The van der Waals surface area contributed by atoms with Crippen LogP contribution in [-0.2, 0) is 23.8 Å². The van der Waals surface area contributed by atoms with E-state index in [1.165, 1.54) is 7.11 Å². The number of benzene rings is 2. The minimum Gasteiger partial charge on any atom is -0.479 e. The van der Waals surface area contributed by atoms with Gasteiger partial charge in [-0.15, -0.1) is 0 Å². The second-order valence-corrected chi connectivity index (χ2v) is 8.35. The standard InChI is InChI=1S/C25H28N2O7/c1-32-21(23(28)26-12-15-10-11-33-22(15)24(29)30)13-27-25(31)34-14-20-18-8-4-2-6-16(18)17-7-3-5-9-19(17)20/h2-9,15,20-22H,10-14H2,1H3,(H,26,28)(H,27,31)(H,29,30). The van der Waals surface area contributed by atoms with Crippen LogP contribution in [0.4, 0.5) is 4.79 Å². The molecule has 4 rings (SSSR count). The van der Waals surface area contributed by atoms with Crippen LogP contribution in [0.5, 0.6) is 0 Å². The van der Waals surface area contributed by atoms with E-state index < -0.39 is 30.2 Å². The first-order chi connectivity index (χ1) is 16.5. The van der Waals surface area contributed by atoms with Crippen LogP contribution >= 0.6 is 0 Å². The van der Waals surface area contributed by atoms with Crippen molar-refractivity contribution in [1.29, 1.82) is 0 Å². The van der Waals surface area contributed by atoms with Gasteiger partial charge >= 0.3 is 12.1 Å². The lowest BCUT2D eigenvalue weighted by Crippen LogP contribution is -2.46. The number of nitrogens with one attached hydrogen (secondary N) is 2. The minimum atomic E-state index is -1.04. The van der Waals surface area contributed by atoms with E-state index in [9.17, 15) is 14.4 Å². The predicted molar refractivity (Wildman–Crippen MR) is 122 cm³/mol. The van der Waals surface area contributed by atoms with E-state index in [-0.39, 0.29) is 31.5 Å². The van der Waals surface area contributed by atoms with Gasteiger partial charge in [-0.25, -0.2) is 9.59 Å². The summed E-state index contributed by atoms with van der Waals surface area (Å²) in [6.45, 7) is 0.583. The van der Waals surface area contributed by atoms with Crippen LogP contribution in [0, 0.1) is 5.92 Å². The van der Waals surface area contributed by atoms with Gasteiger partial charge in [0.1, 0.15) is 6.61 Å². The number of aliphatic carboxylic acids is 1. The Hall–Kier alpha value is -3.43.